The summed E-state index contributed by atoms with van der Waals surface area (Å²) < 4.78 is 5.67. The van der Waals surface area contributed by atoms with Gasteiger partial charge in [-0.3, -0.25) is 0 Å². The molecule has 0 saturated carbocycles. The SMILES string of the molecule is CCCOc1cc(NC(C)CN2CCCC2)ccc1N. The Kier molecular flexibility index (Phi) is 5.53. The first-order valence-electron chi connectivity index (χ1n) is 7.70. The molecule has 0 spiro atoms. The highest BCUT2D eigenvalue weighted by Gasteiger charge is 2.14. The first-order chi connectivity index (χ1) is 9.69. The predicted octanol–water partition coefficient (Wildman–Crippen LogP) is 2.95. The Morgan fingerprint density at radius 3 is 2.80 bits per heavy atom. The van der Waals surface area contributed by atoms with Crippen LogP contribution in [0.2, 0.25) is 0 Å². The molecule has 0 radical (unpaired) electrons. The zero-order chi connectivity index (χ0) is 14.4. The van der Waals surface area contributed by atoms with E-state index in [1.54, 1.807) is 0 Å². The number of ether oxygens (including phenoxy) is 1. The predicted molar refractivity (Wildman–Crippen MR) is 85.4 cm³/mol. The van der Waals surface area contributed by atoms with E-state index in [-0.39, 0.29) is 0 Å². The highest BCUT2D eigenvalue weighted by molar-refractivity contribution is 5.61. The van der Waals surface area contributed by atoms with Crippen molar-refractivity contribution in [3.8, 4) is 5.75 Å². The molecule has 0 bridgehead atoms. The van der Waals surface area contributed by atoms with Crippen molar-refractivity contribution in [2.75, 3.05) is 37.3 Å². The summed E-state index contributed by atoms with van der Waals surface area (Å²) in [6, 6.07) is 6.37. The van der Waals surface area contributed by atoms with Gasteiger partial charge >= 0.3 is 0 Å². The van der Waals surface area contributed by atoms with Gasteiger partial charge in [-0.05, 0) is 51.4 Å². The van der Waals surface area contributed by atoms with Crippen molar-refractivity contribution in [3.63, 3.8) is 0 Å². The summed E-state index contributed by atoms with van der Waals surface area (Å²) in [5.41, 5.74) is 7.72. The fourth-order valence-corrected chi connectivity index (χ4v) is 2.64. The van der Waals surface area contributed by atoms with Gasteiger partial charge < -0.3 is 20.7 Å². The molecule has 1 aliphatic heterocycles. The molecule has 1 heterocycles. The highest BCUT2D eigenvalue weighted by atomic mass is 16.5. The Morgan fingerprint density at radius 1 is 1.35 bits per heavy atom. The number of hydrogen-bond acceptors (Lipinski definition) is 4. The Labute approximate surface area is 122 Å². The number of hydrogen-bond donors (Lipinski definition) is 2. The Morgan fingerprint density at radius 2 is 2.10 bits per heavy atom. The first-order valence-corrected chi connectivity index (χ1v) is 7.70. The number of nitrogens with zero attached hydrogens (tertiary/aromatic N) is 1. The molecule has 4 heteroatoms. The summed E-state index contributed by atoms with van der Waals surface area (Å²) >= 11 is 0. The maximum atomic E-state index is 5.93. The third-order valence-electron chi connectivity index (χ3n) is 3.62. The molecule has 1 atom stereocenters. The maximum absolute atomic E-state index is 5.93. The largest absolute Gasteiger partial charge is 0.491 e. The van der Waals surface area contributed by atoms with Gasteiger partial charge in [-0.2, -0.15) is 0 Å². The molecule has 0 aromatic heterocycles. The second-order valence-corrected chi connectivity index (χ2v) is 5.65. The lowest BCUT2D eigenvalue weighted by molar-refractivity contribution is 0.319. The first kappa shape index (κ1) is 15.0. The van der Waals surface area contributed by atoms with Crippen LogP contribution >= 0.6 is 0 Å². The van der Waals surface area contributed by atoms with Crippen LogP contribution in [0.3, 0.4) is 0 Å². The fraction of sp³-hybridized carbons (Fsp3) is 0.625. The quantitative estimate of drug-likeness (QED) is 0.752. The molecule has 1 fully saturated rings. The molecule has 1 unspecified atom stereocenters. The lowest BCUT2D eigenvalue weighted by Gasteiger charge is -2.22. The minimum absolute atomic E-state index is 0.427. The molecule has 2 rings (SSSR count). The van der Waals surface area contributed by atoms with Gasteiger partial charge in [0.15, 0.2) is 0 Å². The molecule has 20 heavy (non-hydrogen) atoms. The zero-order valence-corrected chi connectivity index (χ0v) is 12.7. The number of rotatable bonds is 7. The zero-order valence-electron chi connectivity index (χ0n) is 12.7. The molecule has 112 valence electrons. The molecule has 1 aromatic rings. The van der Waals surface area contributed by atoms with E-state index in [0.717, 1.165) is 24.4 Å². The van der Waals surface area contributed by atoms with Gasteiger partial charge in [0.25, 0.3) is 0 Å². The van der Waals surface area contributed by atoms with Crippen LogP contribution in [0.4, 0.5) is 11.4 Å². The second kappa shape index (κ2) is 7.39. The monoisotopic (exact) mass is 277 g/mol. The summed E-state index contributed by atoms with van der Waals surface area (Å²) in [4.78, 5) is 2.52. The van der Waals surface area contributed by atoms with Crippen LogP contribution in [-0.2, 0) is 0 Å². The standard InChI is InChI=1S/C16H27N3O/c1-3-10-20-16-11-14(6-7-15(16)17)18-13(2)12-19-8-4-5-9-19/h6-7,11,13,18H,3-5,8-10,12,17H2,1-2H3. The number of likely N-dealkylation sites (tertiary alicyclic amines) is 1. The molecule has 0 amide bonds. The van der Waals surface area contributed by atoms with Crippen molar-refractivity contribution in [1.82, 2.24) is 4.90 Å². The highest BCUT2D eigenvalue weighted by Crippen LogP contribution is 2.26. The molecular weight excluding hydrogens is 250 g/mol. The topological polar surface area (TPSA) is 50.5 Å². The van der Waals surface area contributed by atoms with Crippen molar-refractivity contribution in [2.24, 2.45) is 0 Å². The van der Waals surface area contributed by atoms with Gasteiger partial charge in [0.1, 0.15) is 5.75 Å². The average molecular weight is 277 g/mol. The molecule has 1 saturated heterocycles. The van der Waals surface area contributed by atoms with Crippen LogP contribution in [0.1, 0.15) is 33.1 Å². The number of benzene rings is 1. The average Bonchev–Trinajstić information content (AvgIpc) is 2.92. The fourth-order valence-electron chi connectivity index (χ4n) is 2.64. The van der Waals surface area contributed by atoms with Crippen LogP contribution in [0.15, 0.2) is 18.2 Å². The molecule has 1 aromatic carbocycles. The van der Waals surface area contributed by atoms with Crippen LogP contribution in [0, 0.1) is 0 Å². The summed E-state index contributed by atoms with van der Waals surface area (Å²) in [6.07, 6.45) is 3.66. The Bertz CT molecular complexity index is 416. The van der Waals surface area contributed by atoms with Crippen molar-refractivity contribution >= 4 is 11.4 Å². The minimum atomic E-state index is 0.427. The summed E-state index contributed by atoms with van der Waals surface area (Å²) in [5.74, 6) is 0.783. The van der Waals surface area contributed by atoms with E-state index in [2.05, 4.69) is 24.1 Å². The van der Waals surface area contributed by atoms with Crippen molar-refractivity contribution in [2.45, 2.75) is 39.2 Å². The molecule has 3 N–H and O–H groups in total. The number of nitrogens with two attached hydrogens (primary N) is 1. The molecule has 4 nitrogen and oxygen atoms in total. The van der Waals surface area contributed by atoms with Gasteiger partial charge in [-0.25, -0.2) is 0 Å². The summed E-state index contributed by atoms with van der Waals surface area (Å²) in [6.45, 7) is 8.58. The lowest BCUT2D eigenvalue weighted by atomic mass is 10.2. The molecule has 1 aliphatic rings. The van der Waals surface area contributed by atoms with Crippen molar-refractivity contribution in [3.05, 3.63) is 18.2 Å². The molecular formula is C16H27N3O. The van der Waals surface area contributed by atoms with Crippen molar-refractivity contribution in [1.29, 1.82) is 0 Å². The van der Waals surface area contributed by atoms with Crippen LogP contribution < -0.4 is 15.8 Å². The molecule has 0 aliphatic carbocycles. The van der Waals surface area contributed by atoms with E-state index in [0.29, 0.717) is 18.3 Å². The van der Waals surface area contributed by atoms with Crippen LogP contribution in [0.25, 0.3) is 0 Å². The Balaban J connectivity index is 1.90. The van der Waals surface area contributed by atoms with E-state index in [9.17, 15) is 0 Å². The number of nitrogens with one attached hydrogen (secondary N) is 1. The van der Waals surface area contributed by atoms with E-state index in [1.165, 1.54) is 25.9 Å². The smallest absolute Gasteiger partial charge is 0.144 e. The number of anilines is 2. The van der Waals surface area contributed by atoms with Gasteiger partial charge in [-0.15, -0.1) is 0 Å². The Hall–Kier alpha value is -1.42. The van der Waals surface area contributed by atoms with Gasteiger partial charge in [0, 0.05) is 24.3 Å². The van der Waals surface area contributed by atoms with E-state index < -0.39 is 0 Å². The maximum Gasteiger partial charge on any atom is 0.144 e. The van der Waals surface area contributed by atoms with Crippen LogP contribution in [-0.4, -0.2) is 37.2 Å². The third kappa shape index (κ3) is 4.30. The third-order valence-corrected chi connectivity index (χ3v) is 3.62. The van der Waals surface area contributed by atoms with Crippen molar-refractivity contribution < 1.29 is 4.74 Å². The van der Waals surface area contributed by atoms with Gasteiger partial charge in [0.2, 0.25) is 0 Å². The minimum Gasteiger partial charge on any atom is -0.491 e. The van der Waals surface area contributed by atoms with Gasteiger partial charge in [0.05, 0.1) is 12.3 Å². The van der Waals surface area contributed by atoms with E-state index in [1.807, 2.05) is 18.2 Å². The lowest BCUT2D eigenvalue weighted by Crippen LogP contribution is -2.32. The normalized spacial score (nSPS) is 17.1. The van der Waals surface area contributed by atoms with E-state index >= 15 is 0 Å². The number of nitrogen functional groups attached to an aromatic ring is 1. The summed E-state index contributed by atoms with van der Waals surface area (Å²) in [5, 5.41) is 3.54. The second-order valence-electron chi connectivity index (χ2n) is 5.65. The van der Waals surface area contributed by atoms with Gasteiger partial charge in [-0.1, -0.05) is 6.92 Å². The van der Waals surface area contributed by atoms with E-state index in [4.69, 9.17) is 10.5 Å². The van der Waals surface area contributed by atoms with Crippen LogP contribution in [0.5, 0.6) is 5.75 Å². The summed E-state index contributed by atoms with van der Waals surface area (Å²) in [7, 11) is 0.